The first kappa shape index (κ1) is 14.5. The lowest BCUT2D eigenvalue weighted by atomic mass is 10.1. The van der Waals surface area contributed by atoms with Crippen LogP contribution in [0.4, 0.5) is 4.39 Å². The van der Waals surface area contributed by atoms with Crippen molar-refractivity contribution in [3.63, 3.8) is 0 Å². The van der Waals surface area contributed by atoms with Gasteiger partial charge in [0.15, 0.2) is 0 Å². The molecule has 1 atom stereocenters. The largest absolute Gasteiger partial charge is 0.480 e. The van der Waals surface area contributed by atoms with Crippen LogP contribution in [0.3, 0.4) is 0 Å². The minimum Gasteiger partial charge on any atom is -0.480 e. The highest BCUT2D eigenvalue weighted by Crippen LogP contribution is 2.32. The number of carbonyl (C=O) groups excluding carboxylic acids is 1. The van der Waals surface area contributed by atoms with Crippen LogP contribution in [0.25, 0.3) is 10.1 Å². The highest BCUT2D eigenvalue weighted by molar-refractivity contribution is 7.21. The van der Waals surface area contributed by atoms with Gasteiger partial charge in [0.25, 0.3) is 5.91 Å². The molecule has 0 spiro atoms. The SMILES string of the molecule is CCC(NC(=O)c1sc2cccc(F)c2c1C)C(=O)O. The van der Waals surface area contributed by atoms with E-state index in [2.05, 4.69) is 5.32 Å². The molecular formula is C14H14FNO3S. The number of aliphatic carboxylic acids is 1. The summed E-state index contributed by atoms with van der Waals surface area (Å²) in [6, 6.07) is 3.73. The average molecular weight is 295 g/mol. The number of rotatable bonds is 4. The lowest BCUT2D eigenvalue weighted by Gasteiger charge is -2.11. The Morgan fingerprint density at radius 3 is 2.70 bits per heavy atom. The lowest BCUT2D eigenvalue weighted by Crippen LogP contribution is -2.40. The number of hydrogen-bond acceptors (Lipinski definition) is 3. The Kier molecular flexibility index (Phi) is 4.04. The van der Waals surface area contributed by atoms with Crippen molar-refractivity contribution in [2.24, 2.45) is 0 Å². The number of thiophene rings is 1. The summed E-state index contributed by atoms with van der Waals surface area (Å²) in [5, 5.41) is 11.8. The van der Waals surface area contributed by atoms with Gasteiger partial charge in [-0.3, -0.25) is 4.79 Å². The van der Waals surface area contributed by atoms with Gasteiger partial charge in [0.05, 0.1) is 4.88 Å². The first-order valence-electron chi connectivity index (χ1n) is 6.17. The van der Waals surface area contributed by atoms with E-state index < -0.39 is 17.9 Å². The summed E-state index contributed by atoms with van der Waals surface area (Å²) in [6.07, 6.45) is 0.291. The minimum absolute atomic E-state index is 0.291. The first-order chi connectivity index (χ1) is 9.45. The number of nitrogens with one attached hydrogen (secondary N) is 1. The van der Waals surface area contributed by atoms with E-state index >= 15 is 0 Å². The van der Waals surface area contributed by atoms with Crippen LogP contribution in [-0.4, -0.2) is 23.0 Å². The Balaban J connectivity index is 2.38. The molecule has 0 aliphatic heterocycles. The molecule has 6 heteroatoms. The van der Waals surface area contributed by atoms with E-state index in [1.54, 1.807) is 26.0 Å². The molecule has 0 saturated heterocycles. The maximum atomic E-state index is 13.8. The second kappa shape index (κ2) is 5.58. The normalized spacial score (nSPS) is 12.3. The maximum absolute atomic E-state index is 13.8. The van der Waals surface area contributed by atoms with Gasteiger partial charge in [-0.15, -0.1) is 11.3 Å². The van der Waals surface area contributed by atoms with E-state index in [1.807, 2.05) is 0 Å². The number of benzene rings is 1. The highest BCUT2D eigenvalue weighted by Gasteiger charge is 2.22. The van der Waals surface area contributed by atoms with Gasteiger partial charge >= 0.3 is 5.97 Å². The van der Waals surface area contributed by atoms with Crippen molar-refractivity contribution in [2.45, 2.75) is 26.3 Å². The molecule has 1 heterocycles. The highest BCUT2D eigenvalue weighted by atomic mass is 32.1. The van der Waals surface area contributed by atoms with Gasteiger partial charge in [0.2, 0.25) is 0 Å². The number of carbonyl (C=O) groups is 2. The van der Waals surface area contributed by atoms with Crippen molar-refractivity contribution >= 4 is 33.3 Å². The third kappa shape index (κ3) is 2.51. The number of hydrogen-bond donors (Lipinski definition) is 2. The van der Waals surface area contributed by atoms with Crippen molar-refractivity contribution in [1.82, 2.24) is 5.32 Å². The third-order valence-corrected chi connectivity index (χ3v) is 4.38. The maximum Gasteiger partial charge on any atom is 0.326 e. The molecule has 0 saturated carbocycles. The van der Waals surface area contributed by atoms with Crippen LogP contribution in [0.5, 0.6) is 0 Å². The van der Waals surface area contributed by atoms with Crippen molar-refractivity contribution in [2.75, 3.05) is 0 Å². The summed E-state index contributed by atoms with van der Waals surface area (Å²) in [7, 11) is 0. The Labute approximate surface area is 119 Å². The average Bonchev–Trinajstić information content (AvgIpc) is 2.74. The second-order valence-corrected chi connectivity index (χ2v) is 5.49. The molecule has 2 N–H and O–H groups in total. The third-order valence-electron chi connectivity index (χ3n) is 3.12. The van der Waals surface area contributed by atoms with Crippen LogP contribution >= 0.6 is 11.3 Å². The van der Waals surface area contributed by atoms with Crippen molar-refractivity contribution < 1.29 is 19.1 Å². The summed E-state index contributed by atoms with van der Waals surface area (Å²) in [5.41, 5.74) is 0.542. The summed E-state index contributed by atoms with van der Waals surface area (Å²) in [4.78, 5) is 23.4. The number of fused-ring (bicyclic) bond motifs is 1. The van der Waals surface area contributed by atoms with E-state index in [-0.39, 0.29) is 5.82 Å². The number of carboxylic acids is 1. The summed E-state index contributed by atoms with van der Waals surface area (Å²) in [6.45, 7) is 3.34. The van der Waals surface area contributed by atoms with E-state index in [0.29, 0.717) is 26.9 Å². The molecule has 4 nitrogen and oxygen atoms in total. The molecule has 1 aromatic carbocycles. The summed E-state index contributed by atoms with van der Waals surface area (Å²) >= 11 is 1.17. The van der Waals surface area contributed by atoms with Crippen LogP contribution in [0.2, 0.25) is 0 Å². The Bertz CT molecular complexity index is 680. The van der Waals surface area contributed by atoms with Crippen LogP contribution in [0.15, 0.2) is 18.2 Å². The zero-order chi connectivity index (χ0) is 14.9. The van der Waals surface area contributed by atoms with Gasteiger partial charge in [-0.25, -0.2) is 9.18 Å². The molecule has 0 fully saturated rings. The van der Waals surface area contributed by atoms with Gasteiger partial charge < -0.3 is 10.4 Å². The van der Waals surface area contributed by atoms with Crippen molar-refractivity contribution in [3.8, 4) is 0 Å². The molecule has 0 bridgehead atoms. The van der Waals surface area contributed by atoms with E-state index in [0.717, 1.165) is 0 Å². The van der Waals surface area contributed by atoms with E-state index in [1.165, 1.54) is 17.4 Å². The van der Waals surface area contributed by atoms with Crippen LogP contribution < -0.4 is 5.32 Å². The van der Waals surface area contributed by atoms with Gasteiger partial charge in [-0.2, -0.15) is 0 Å². The Morgan fingerprint density at radius 2 is 2.15 bits per heavy atom. The molecule has 1 aromatic heterocycles. The van der Waals surface area contributed by atoms with Crippen LogP contribution in [0.1, 0.15) is 28.6 Å². The quantitative estimate of drug-likeness (QED) is 0.911. The molecule has 106 valence electrons. The summed E-state index contributed by atoms with van der Waals surface area (Å²) in [5.74, 6) is -1.93. The molecular weight excluding hydrogens is 281 g/mol. The smallest absolute Gasteiger partial charge is 0.326 e. The molecule has 0 radical (unpaired) electrons. The van der Waals surface area contributed by atoms with E-state index in [4.69, 9.17) is 5.11 Å². The molecule has 0 aliphatic carbocycles. The predicted octanol–water partition coefficient (Wildman–Crippen LogP) is 2.94. The molecule has 20 heavy (non-hydrogen) atoms. The van der Waals surface area contributed by atoms with Crippen LogP contribution in [0, 0.1) is 12.7 Å². The van der Waals surface area contributed by atoms with Gasteiger partial charge in [0, 0.05) is 10.1 Å². The van der Waals surface area contributed by atoms with Crippen LogP contribution in [-0.2, 0) is 4.79 Å². The lowest BCUT2D eigenvalue weighted by molar-refractivity contribution is -0.139. The fraction of sp³-hybridized carbons (Fsp3) is 0.286. The van der Waals surface area contributed by atoms with Gasteiger partial charge in [-0.05, 0) is 31.0 Å². The number of amides is 1. The summed E-state index contributed by atoms with van der Waals surface area (Å²) < 4.78 is 14.4. The topological polar surface area (TPSA) is 66.4 Å². The fourth-order valence-corrected chi connectivity index (χ4v) is 3.16. The Hall–Kier alpha value is -1.95. The predicted molar refractivity (Wildman–Crippen MR) is 75.7 cm³/mol. The number of aryl methyl sites for hydroxylation is 1. The molecule has 0 aliphatic rings. The second-order valence-electron chi connectivity index (χ2n) is 4.44. The standard InChI is InChI=1S/C14H14FNO3S/c1-3-9(14(18)19)16-13(17)12-7(2)11-8(15)5-4-6-10(11)20-12/h4-6,9H,3H2,1-2H3,(H,16,17)(H,18,19). The zero-order valence-corrected chi connectivity index (χ0v) is 11.9. The molecule has 1 unspecified atom stereocenters. The Morgan fingerprint density at radius 1 is 1.45 bits per heavy atom. The van der Waals surface area contributed by atoms with E-state index in [9.17, 15) is 14.0 Å². The zero-order valence-electron chi connectivity index (χ0n) is 11.1. The minimum atomic E-state index is -1.08. The molecule has 1 amide bonds. The molecule has 2 rings (SSSR count). The monoisotopic (exact) mass is 295 g/mol. The first-order valence-corrected chi connectivity index (χ1v) is 6.98. The van der Waals surface area contributed by atoms with Gasteiger partial charge in [0.1, 0.15) is 11.9 Å². The van der Waals surface area contributed by atoms with Crippen molar-refractivity contribution in [3.05, 3.63) is 34.5 Å². The molecule has 2 aromatic rings. The number of carboxylic acid groups (broad SMARTS) is 1. The van der Waals surface area contributed by atoms with Gasteiger partial charge in [-0.1, -0.05) is 13.0 Å². The number of halogens is 1. The van der Waals surface area contributed by atoms with Crippen molar-refractivity contribution in [1.29, 1.82) is 0 Å². The fourth-order valence-electron chi connectivity index (χ4n) is 2.03.